The maximum atomic E-state index is 11.8. The third-order valence-corrected chi connectivity index (χ3v) is 3.03. The van der Waals surface area contributed by atoms with Gasteiger partial charge in [0.2, 0.25) is 0 Å². The van der Waals surface area contributed by atoms with Gasteiger partial charge in [-0.25, -0.2) is 9.59 Å². The van der Waals surface area contributed by atoms with Crippen molar-refractivity contribution in [2.24, 2.45) is 0 Å². The maximum absolute atomic E-state index is 11.8. The second kappa shape index (κ2) is 7.57. The molecule has 4 N–H and O–H groups in total. The van der Waals surface area contributed by atoms with Gasteiger partial charge in [-0.3, -0.25) is 0 Å². The first kappa shape index (κ1) is 16.1. The van der Waals surface area contributed by atoms with Crippen LogP contribution >= 0.6 is 0 Å². The highest BCUT2D eigenvalue weighted by Gasteiger charge is 2.16. The third-order valence-electron chi connectivity index (χ3n) is 3.03. The van der Waals surface area contributed by atoms with Gasteiger partial charge in [0, 0.05) is 11.7 Å². The number of carbonyl (C=O) groups is 2. The van der Waals surface area contributed by atoms with Gasteiger partial charge < -0.3 is 20.7 Å². The molecule has 0 aliphatic heterocycles. The summed E-state index contributed by atoms with van der Waals surface area (Å²) in [5.41, 5.74) is 0.971. The van der Waals surface area contributed by atoms with Gasteiger partial charge >= 0.3 is 12.0 Å². The van der Waals surface area contributed by atoms with Crippen molar-refractivity contribution in [2.75, 3.05) is 5.32 Å². The van der Waals surface area contributed by atoms with Gasteiger partial charge in [-0.1, -0.05) is 26.2 Å². The van der Waals surface area contributed by atoms with E-state index >= 15 is 0 Å². The fourth-order valence-corrected chi connectivity index (χ4v) is 2.01. The Bertz CT molecular complexity index is 468. The number of hydrogen-bond donors (Lipinski definition) is 4. The summed E-state index contributed by atoms with van der Waals surface area (Å²) in [5, 5.41) is 14.4. The Labute approximate surface area is 119 Å². The van der Waals surface area contributed by atoms with Gasteiger partial charge in [-0.2, -0.15) is 0 Å². The summed E-state index contributed by atoms with van der Waals surface area (Å²) in [7, 11) is 0. The Morgan fingerprint density at radius 1 is 1.40 bits per heavy atom. The molecule has 0 spiro atoms. The molecule has 1 rings (SSSR count). The Kier molecular flexibility index (Phi) is 6.09. The molecule has 1 unspecified atom stereocenters. The van der Waals surface area contributed by atoms with Crippen LogP contribution in [0.15, 0.2) is 6.07 Å². The third kappa shape index (κ3) is 4.95. The molecule has 1 atom stereocenters. The van der Waals surface area contributed by atoms with E-state index in [4.69, 9.17) is 5.11 Å². The van der Waals surface area contributed by atoms with E-state index in [-0.39, 0.29) is 23.5 Å². The van der Waals surface area contributed by atoms with Crippen LogP contribution in [0.3, 0.4) is 0 Å². The smallest absolute Gasteiger partial charge is 0.354 e. The van der Waals surface area contributed by atoms with Crippen LogP contribution in [0.2, 0.25) is 0 Å². The minimum absolute atomic E-state index is 0.00344. The molecule has 2 amide bonds. The lowest BCUT2D eigenvalue weighted by molar-refractivity contribution is 0.0692. The number of hydrogen-bond acceptors (Lipinski definition) is 2. The van der Waals surface area contributed by atoms with Crippen LogP contribution in [0.25, 0.3) is 0 Å². The number of unbranched alkanes of at least 4 members (excludes halogenated alkanes) is 2. The van der Waals surface area contributed by atoms with Gasteiger partial charge in [0.05, 0.1) is 5.69 Å². The summed E-state index contributed by atoms with van der Waals surface area (Å²) in [6.07, 6.45) is 4.28. The highest BCUT2D eigenvalue weighted by molar-refractivity contribution is 5.99. The van der Waals surface area contributed by atoms with Crippen LogP contribution in [0.4, 0.5) is 10.5 Å². The number of aromatic nitrogens is 1. The molecule has 20 heavy (non-hydrogen) atoms. The highest BCUT2D eigenvalue weighted by Crippen LogP contribution is 2.16. The molecular formula is C14H23N3O3. The van der Waals surface area contributed by atoms with Gasteiger partial charge in [-0.05, 0) is 26.3 Å². The van der Waals surface area contributed by atoms with Crippen molar-refractivity contribution in [2.45, 2.75) is 52.5 Å². The SMILES string of the molecule is CCCCCC(C)NC(=O)Nc1cc(C)[nH]c1C(=O)O. The van der Waals surface area contributed by atoms with E-state index in [0.717, 1.165) is 25.7 Å². The second-order valence-corrected chi connectivity index (χ2v) is 5.04. The highest BCUT2D eigenvalue weighted by atomic mass is 16.4. The molecule has 112 valence electrons. The molecule has 1 aromatic heterocycles. The number of aromatic amines is 1. The minimum atomic E-state index is -1.09. The Morgan fingerprint density at radius 3 is 2.70 bits per heavy atom. The van der Waals surface area contributed by atoms with Crippen molar-refractivity contribution in [3.05, 3.63) is 17.5 Å². The Morgan fingerprint density at radius 2 is 2.10 bits per heavy atom. The second-order valence-electron chi connectivity index (χ2n) is 5.04. The van der Waals surface area contributed by atoms with Crippen molar-refractivity contribution in [3.8, 4) is 0 Å². The van der Waals surface area contributed by atoms with Gasteiger partial charge in [0.25, 0.3) is 0 Å². The molecule has 0 aliphatic rings. The van der Waals surface area contributed by atoms with E-state index in [1.165, 1.54) is 0 Å². The number of rotatable bonds is 7. The zero-order chi connectivity index (χ0) is 15.1. The summed E-state index contributed by atoms with van der Waals surface area (Å²) in [6.45, 7) is 5.81. The predicted molar refractivity (Wildman–Crippen MR) is 78.2 cm³/mol. The maximum Gasteiger partial charge on any atom is 0.354 e. The summed E-state index contributed by atoms with van der Waals surface area (Å²) in [5.74, 6) is -1.09. The fourth-order valence-electron chi connectivity index (χ4n) is 2.01. The van der Waals surface area contributed by atoms with E-state index in [0.29, 0.717) is 5.69 Å². The molecule has 1 heterocycles. The number of carboxylic acid groups (broad SMARTS) is 1. The lowest BCUT2D eigenvalue weighted by Gasteiger charge is -2.14. The minimum Gasteiger partial charge on any atom is -0.477 e. The van der Waals surface area contributed by atoms with Crippen molar-refractivity contribution >= 4 is 17.7 Å². The van der Waals surface area contributed by atoms with Crippen molar-refractivity contribution < 1.29 is 14.7 Å². The zero-order valence-electron chi connectivity index (χ0n) is 12.2. The number of carbonyl (C=O) groups excluding carboxylic acids is 1. The molecule has 0 aliphatic carbocycles. The average Bonchev–Trinajstić information content (AvgIpc) is 2.70. The first-order chi connectivity index (χ1) is 9.43. The summed E-state index contributed by atoms with van der Waals surface area (Å²) >= 11 is 0. The number of nitrogens with one attached hydrogen (secondary N) is 3. The predicted octanol–water partition coefficient (Wildman–Crippen LogP) is 3.11. The quantitative estimate of drug-likeness (QED) is 0.578. The summed E-state index contributed by atoms with van der Waals surface area (Å²) in [6, 6.07) is 1.29. The van der Waals surface area contributed by atoms with Crippen LogP contribution in [-0.2, 0) is 0 Å². The lowest BCUT2D eigenvalue weighted by Crippen LogP contribution is -2.36. The molecule has 0 aromatic carbocycles. The van der Waals surface area contributed by atoms with Crippen LogP contribution in [-0.4, -0.2) is 28.1 Å². The Balaban J connectivity index is 2.52. The Hall–Kier alpha value is -1.98. The largest absolute Gasteiger partial charge is 0.477 e. The van der Waals surface area contributed by atoms with E-state index in [1.807, 2.05) is 6.92 Å². The molecule has 6 heteroatoms. The van der Waals surface area contributed by atoms with E-state index < -0.39 is 5.97 Å². The van der Waals surface area contributed by atoms with Gasteiger partial charge in [-0.15, -0.1) is 0 Å². The number of aromatic carboxylic acids is 1. The van der Waals surface area contributed by atoms with Crippen molar-refractivity contribution in [1.29, 1.82) is 0 Å². The molecule has 6 nitrogen and oxygen atoms in total. The average molecular weight is 281 g/mol. The molecule has 0 bridgehead atoms. The molecular weight excluding hydrogens is 258 g/mol. The van der Waals surface area contributed by atoms with Crippen LogP contribution in [0, 0.1) is 6.92 Å². The standard InChI is InChI=1S/C14H23N3O3/c1-4-5-6-7-9(2)16-14(20)17-11-8-10(3)15-12(11)13(18)19/h8-9,15H,4-7H2,1-3H3,(H,18,19)(H2,16,17,20). The number of urea groups is 1. The number of amides is 2. The van der Waals surface area contributed by atoms with Gasteiger partial charge in [0.1, 0.15) is 5.69 Å². The molecule has 0 saturated carbocycles. The number of H-pyrrole nitrogens is 1. The van der Waals surface area contributed by atoms with Crippen LogP contribution in [0.5, 0.6) is 0 Å². The molecule has 0 saturated heterocycles. The van der Waals surface area contributed by atoms with Crippen LogP contribution < -0.4 is 10.6 Å². The number of aryl methyl sites for hydroxylation is 1. The lowest BCUT2D eigenvalue weighted by atomic mass is 10.1. The van der Waals surface area contributed by atoms with Crippen LogP contribution in [0.1, 0.15) is 55.7 Å². The summed E-state index contributed by atoms with van der Waals surface area (Å²) in [4.78, 5) is 25.5. The monoisotopic (exact) mass is 281 g/mol. The normalized spacial score (nSPS) is 11.9. The van der Waals surface area contributed by atoms with Crippen molar-refractivity contribution in [3.63, 3.8) is 0 Å². The summed E-state index contributed by atoms with van der Waals surface area (Å²) < 4.78 is 0. The van der Waals surface area contributed by atoms with E-state index in [1.54, 1.807) is 13.0 Å². The molecule has 1 aromatic rings. The fraction of sp³-hybridized carbons (Fsp3) is 0.571. The number of carboxylic acids is 1. The first-order valence-corrected chi connectivity index (χ1v) is 6.94. The molecule has 0 radical (unpaired) electrons. The van der Waals surface area contributed by atoms with E-state index in [2.05, 4.69) is 22.5 Å². The van der Waals surface area contributed by atoms with Crippen molar-refractivity contribution in [1.82, 2.24) is 10.3 Å². The number of anilines is 1. The topological polar surface area (TPSA) is 94.2 Å². The van der Waals surface area contributed by atoms with Gasteiger partial charge in [0.15, 0.2) is 0 Å². The zero-order valence-corrected chi connectivity index (χ0v) is 12.2. The molecule has 0 fully saturated rings. The van der Waals surface area contributed by atoms with E-state index in [9.17, 15) is 9.59 Å². The first-order valence-electron chi connectivity index (χ1n) is 6.94.